The maximum absolute atomic E-state index is 13.2. The second-order valence-corrected chi connectivity index (χ2v) is 9.44. The zero-order chi connectivity index (χ0) is 22.1. The molecule has 0 unspecified atom stereocenters. The van der Waals surface area contributed by atoms with Crippen LogP contribution in [-0.2, 0) is 21.4 Å². The molecule has 1 aromatic heterocycles. The van der Waals surface area contributed by atoms with Crippen LogP contribution in [0.4, 0.5) is 0 Å². The van der Waals surface area contributed by atoms with Crippen LogP contribution in [0, 0.1) is 0 Å². The standard InChI is InChI=1S/C20H23N5O4S2/c1-29-17-7-9-18(10-8-17)31(27,28)25(13-16-5-3-2-4-6-16)14-19(26)21-11-12-30-20-22-15-23-24-20/h2-10,15H,11-14H2,1H3,(H,21,26)(H,22,23,24). The van der Waals surface area contributed by atoms with E-state index in [1.54, 1.807) is 12.1 Å². The number of rotatable bonds is 11. The number of sulfonamides is 1. The van der Waals surface area contributed by atoms with Crippen LogP contribution in [0.25, 0.3) is 0 Å². The van der Waals surface area contributed by atoms with Crippen molar-refractivity contribution in [1.29, 1.82) is 0 Å². The van der Waals surface area contributed by atoms with Gasteiger partial charge in [0, 0.05) is 18.8 Å². The molecule has 0 atom stereocenters. The Morgan fingerprint density at radius 1 is 1.16 bits per heavy atom. The molecule has 0 saturated carbocycles. The predicted octanol–water partition coefficient (Wildman–Crippen LogP) is 1.91. The number of hydrogen-bond acceptors (Lipinski definition) is 7. The van der Waals surface area contributed by atoms with Gasteiger partial charge in [-0.3, -0.25) is 9.89 Å². The maximum Gasteiger partial charge on any atom is 0.243 e. The number of methoxy groups -OCH3 is 1. The van der Waals surface area contributed by atoms with E-state index in [1.165, 1.54) is 41.6 Å². The van der Waals surface area contributed by atoms with Crippen LogP contribution in [0.2, 0.25) is 0 Å². The van der Waals surface area contributed by atoms with Crippen LogP contribution in [0.15, 0.2) is 71.0 Å². The zero-order valence-electron chi connectivity index (χ0n) is 16.9. The zero-order valence-corrected chi connectivity index (χ0v) is 18.5. The number of amides is 1. The van der Waals surface area contributed by atoms with Gasteiger partial charge < -0.3 is 10.1 Å². The van der Waals surface area contributed by atoms with E-state index >= 15 is 0 Å². The molecular weight excluding hydrogens is 438 g/mol. The lowest BCUT2D eigenvalue weighted by molar-refractivity contribution is -0.121. The van der Waals surface area contributed by atoms with Crippen molar-refractivity contribution in [1.82, 2.24) is 24.8 Å². The van der Waals surface area contributed by atoms with Gasteiger partial charge in [-0.2, -0.15) is 9.40 Å². The number of nitrogens with zero attached hydrogens (tertiary/aromatic N) is 3. The van der Waals surface area contributed by atoms with Gasteiger partial charge in [-0.05, 0) is 29.8 Å². The van der Waals surface area contributed by atoms with E-state index in [0.717, 1.165) is 5.56 Å². The first kappa shape index (κ1) is 22.8. The number of carbonyl (C=O) groups excluding carboxylic acids is 1. The van der Waals surface area contributed by atoms with Gasteiger partial charge in [-0.1, -0.05) is 42.1 Å². The van der Waals surface area contributed by atoms with Gasteiger partial charge in [0.1, 0.15) is 12.1 Å². The Morgan fingerprint density at radius 2 is 1.90 bits per heavy atom. The third-order valence-electron chi connectivity index (χ3n) is 4.27. The summed E-state index contributed by atoms with van der Waals surface area (Å²) in [5, 5.41) is 9.89. The molecule has 0 aliphatic carbocycles. The van der Waals surface area contributed by atoms with E-state index < -0.39 is 10.0 Å². The van der Waals surface area contributed by atoms with E-state index in [2.05, 4.69) is 20.5 Å². The van der Waals surface area contributed by atoms with Crippen LogP contribution < -0.4 is 10.1 Å². The van der Waals surface area contributed by atoms with Gasteiger partial charge in [0.25, 0.3) is 0 Å². The topological polar surface area (TPSA) is 117 Å². The summed E-state index contributed by atoms with van der Waals surface area (Å²) in [6, 6.07) is 15.2. The number of aromatic nitrogens is 3. The number of ether oxygens (including phenoxy) is 1. The molecular formula is C20H23N5O4S2. The van der Waals surface area contributed by atoms with Crippen molar-refractivity contribution < 1.29 is 17.9 Å². The van der Waals surface area contributed by atoms with Crippen molar-refractivity contribution in [2.45, 2.75) is 16.6 Å². The molecule has 0 bridgehead atoms. The molecule has 3 rings (SSSR count). The summed E-state index contributed by atoms with van der Waals surface area (Å²) in [6.45, 7) is 0.150. The SMILES string of the molecule is COc1ccc(S(=O)(=O)N(CC(=O)NCCSc2ncn[nH]2)Cc2ccccc2)cc1. The van der Waals surface area contributed by atoms with Gasteiger partial charge in [0.15, 0.2) is 5.16 Å². The molecule has 2 N–H and O–H groups in total. The second kappa shape index (κ2) is 10.9. The lowest BCUT2D eigenvalue weighted by Gasteiger charge is -2.22. The first-order valence-electron chi connectivity index (χ1n) is 9.42. The molecule has 0 spiro atoms. The molecule has 0 fully saturated rings. The Morgan fingerprint density at radius 3 is 2.55 bits per heavy atom. The fourth-order valence-corrected chi connectivity index (χ4v) is 4.75. The molecule has 3 aromatic rings. The average Bonchev–Trinajstić information content (AvgIpc) is 3.30. The van der Waals surface area contributed by atoms with E-state index in [1.807, 2.05) is 30.3 Å². The first-order chi connectivity index (χ1) is 15.0. The van der Waals surface area contributed by atoms with Crippen LogP contribution >= 0.6 is 11.8 Å². The Kier molecular flexibility index (Phi) is 8.04. The highest BCUT2D eigenvalue weighted by Gasteiger charge is 2.27. The summed E-state index contributed by atoms with van der Waals surface area (Å²) in [5.74, 6) is 0.743. The molecule has 31 heavy (non-hydrogen) atoms. The van der Waals surface area contributed by atoms with Gasteiger partial charge >= 0.3 is 0 Å². The number of hydrogen-bond donors (Lipinski definition) is 2. The summed E-state index contributed by atoms with van der Waals surface area (Å²) in [4.78, 5) is 16.6. The Bertz CT molecular complexity index is 1060. The van der Waals surface area contributed by atoms with Crippen molar-refractivity contribution in [3.05, 3.63) is 66.5 Å². The van der Waals surface area contributed by atoms with E-state index in [-0.39, 0.29) is 23.9 Å². The Labute approximate surface area is 185 Å². The van der Waals surface area contributed by atoms with Crippen LogP contribution in [0.3, 0.4) is 0 Å². The van der Waals surface area contributed by atoms with Crippen LogP contribution in [-0.4, -0.2) is 59.8 Å². The molecule has 11 heteroatoms. The fraction of sp³-hybridized carbons (Fsp3) is 0.250. The lowest BCUT2D eigenvalue weighted by atomic mass is 10.2. The van der Waals surface area contributed by atoms with Gasteiger partial charge in [0.2, 0.25) is 15.9 Å². The molecule has 0 radical (unpaired) electrons. The van der Waals surface area contributed by atoms with Crippen molar-refractivity contribution in [3.63, 3.8) is 0 Å². The Balaban J connectivity index is 1.68. The molecule has 0 aliphatic rings. The number of H-pyrrole nitrogens is 1. The average molecular weight is 462 g/mol. The molecule has 0 saturated heterocycles. The monoisotopic (exact) mass is 461 g/mol. The fourth-order valence-electron chi connectivity index (χ4n) is 2.73. The number of aromatic amines is 1. The third kappa shape index (κ3) is 6.54. The van der Waals surface area contributed by atoms with Gasteiger partial charge in [-0.25, -0.2) is 13.4 Å². The van der Waals surface area contributed by atoms with Gasteiger partial charge in [0.05, 0.1) is 18.6 Å². The van der Waals surface area contributed by atoms with E-state index in [9.17, 15) is 13.2 Å². The molecule has 9 nitrogen and oxygen atoms in total. The van der Waals surface area contributed by atoms with Crippen molar-refractivity contribution >= 4 is 27.7 Å². The number of carbonyl (C=O) groups is 1. The minimum absolute atomic E-state index is 0.0788. The predicted molar refractivity (Wildman–Crippen MR) is 117 cm³/mol. The first-order valence-corrected chi connectivity index (χ1v) is 11.8. The summed E-state index contributed by atoms with van der Waals surface area (Å²) in [6.07, 6.45) is 1.41. The normalized spacial score (nSPS) is 11.4. The van der Waals surface area contributed by atoms with E-state index in [4.69, 9.17) is 4.74 Å². The lowest BCUT2D eigenvalue weighted by Crippen LogP contribution is -2.40. The molecule has 1 heterocycles. The van der Waals surface area contributed by atoms with Crippen LogP contribution in [0.1, 0.15) is 5.56 Å². The summed E-state index contributed by atoms with van der Waals surface area (Å²) < 4.78 is 32.7. The highest BCUT2D eigenvalue weighted by Crippen LogP contribution is 2.21. The quantitative estimate of drug-likeness (QED) is 0.331. The highest BCUT2D eigenvalue weighted by atomic mass is 32.2. The largest absolute Gasteiger partial charge is 0.497 e. The summed E-state index contributed by atoms with van der Waals surface area (Å²) >= 11 is 1.41. The minimum atomic E-state index is -3.90. The van der Waals surface area contributed by atoms with Gasteiger partial charge in [-0.15, -0.1) is 0 Å². The van der Waals surface area contributed by atoms with Crippen molar-refractivity contribution in [2.24, 2.45) is 0 Å². The molecule has 2 aromatic carbocycles. The Hall–Kier alpha value is -2.89. The number of thioether (sulfide) groups is 1. The summed E-state index contributed by atoms with van der Waals surface area (Å²) in [5.41, 5.74) is 0.785. The van der Waals surface area contributed by atoms with Crippen LogP contribution in [0.5, 0.6) is 5.75 Å². The summed E-state index contributed by atoms with van der Waals surface area (Å²) in [7, 11) is -2.39. The van der Waals surface area contributed by atoms with Crippen molar-refractivity contribution in [3.8, 4) is 5.75 Å². The third-order valence-corrected chi connectivity index (χ3v) is 6.96. The van der Waals surface area contributed by atoms with Crippen molar-refractivity contribution in [2.75, 3.05) is 26.0 Å². The smallest absolute Gasteiger partial charge is 0.243 e. The number of nitrogens with one attached hydrogen (secondary N) is 2. The molecule has 1 amide bonds. The molecule has 0 aliphatic heterocycles. The molecule has 164 valence electrons. The van der Waals surface area contributed by atoms with E-state index in [0.29, 0.717) is 23.2 Å². The minimum Gasteiger partial charge on any atom is -0.497 e. The second-order valence-electron chi connectivity index (χ2n) is 6.42. The number of benzene rings is 2. The maximum atomic E-state index is 13.2. The highest BCUT2D eigenvalue weighted by molar-refractivity contribution is 7.99.